The van der Waals surface area contributed by atoms with Crippen LogP contribution in [0.15, 0.2) is 4.99 Å². The van der Waals surface area contributed by atoms with Gasteiger partial charge in [0.15, 0.2) is 5.96 Å². The molecule has 0 bridgehead atoms. The zero-order chi connectivity index (χ0) is 18.4. The van der Waals surface area contributed by atoms with Gasteiger partial charge in [0.2, 0.25) is 0 Å². The molecule has 1 aliphatic rings. The van der Waals surface area contributed by atoms with E-state index in [4.69, 9.17) is 0 Å². The Kier molecular flexibility index (Phi) is 9.92. The monoisotopic (exact) mass is 476 g/mol. The van der Waals surface area contributed by atoms with Crippen LogP contribution < -0.4 is 10.6 Å². The van der Waals surface area contributed by atoms with Gasteiger partial charge in [0.25, 0.3) is 0 Å². The molecule has 0 radical (unpaired) electrons. The topological polar surface area (TPSA) is 57.5 Å². The van der Waals surface area contributed by atoms with Crippen molar-refractivity contribution >= 4 is 29.9 Å². The predicted octanol–water partition coefficient (Wildman–Crippen LogP) is 2.83. The fourth-order valence-electron chi connectivity index (χ4n) is 3.96. The van der Waals surface area contributed by atoms with Crippen LogP contribution in [0.5, 0.6) is 0 Å². The highest BCUT2D eigenvalue weighted by Crippen LogP contribution is 2.28. The molecule has 0 amide bonds. The van der Waals surface area contributed by atoms with E-state index in [0.29, 0.717) is 6.04 Å². The van der Waals surface area contributed by atoms with E-state index in [1.807, 2.05) is 18.8 Å². The first-order chi connectivity index (χ1) is 11.9. The lowest BCUT2D eigenvalue weighted by Crippen LogP contribution is -2.48. The summed E-state index contributed by atoms with van der Waals surface area (Å²) >= 11 is 0. The van der Waals surface area contributed by atoms with Crippen LogP contribution in [0.2, 0.25) is 0 Å². The summed E-state index contributed by atoms with van der Waals surface area (Å²) in [5, 5.41) is 11.5. The van der Waals surface area contributed by atoms with Crippen LogP contribution in [0.25, 0.3) is 0 Å². The Morgan fingerprint density at radius 1 is 1.23 bits per heavy atom. The summed E-state index contributed by atoms with van der Waals surface area (Å²) in [4.78, 5) is 6.76. The van der Waals surface area contributed by atoms with Gasteiger partial charge < -0.3 is 15.5 Å². The molecule has 1 fully saturated rings. The molecule has 1 aromatic heterocycles. The van der Waals surface area contributed by atoms with Gasteiger partial charge in [-0.25, -0.2) is 0 Å². The molecule has 1 aromatic rings. The molecule has 2 rings (SSSR count). The van der Waals surface area contributed by atoms with Crippen molar-refractivity contribution in [2.75, 3.05) is 27.7 Å². The molecule has 7 heteroatoms. The van der Waals surface area contributed by atoms with Crippen LogP contribution in [0.3, 0.4) is 0 Å². The molecule has 0 aliphatic heterocycles. The zero-order valence-electron chi connectivity index (χ0n) is 17.3. The molecule has 1 saturated carbocycles. The molecular weight excluding hydrogens is 439 g/mol. The molecule has 1 atom stereocenters. The molecule has 6 nitrogen and oxygen atoms in total. The lowest BCUT2D eigenvalue weighted by molar-refractivity contribution is 0.171. The molecule has 2 N–H and O–H groups in total. The quantitative estimate of drug-likeness (QED) is 0.377. The first-order valence-corrected chi connectivity index (χ1v) is 9.54. The van der Waals surface area contributed by atoms with E-state index in [2.05, 4.69) is 53.6 Å². The highest BCUT2D eigenvalue weighted by Gasteiger charge is 2.25. The minimum Gasteiger partial charge on any atom is -0.355 e. The smallest absolute Gasteiger partial charge is 0.191 e. The summed E-state index contributed by atoms with van der Waals surface area (Å²) in [6, 6.07) is 0.556. The molecule has 1 aliphatic carbocycles. The van der Waals surface area contributed by atoms with Crippen LogP contribution in [-0.4, -0.2) is 54.4 Å². The second-order valence-electron chi connectivity index (χ2n) is 7.51. The maximum absolute atomic E-state index is 4.48. The molecule has 0 spiro atoms. The largest absolute Gasteiger partial charge is 0.355 e. The van der Waals surface area contributed by atoms with Crippen molar-refractivity contribution in [2.45, 2.75) is 58.5 Å². The van der Waals surface area contributed by atoms with Crippen LogP contribution in [0, 0.1) is 19.8 Å². The standard InChI is InChI=1S/C19H36N6.HI/c1-14-17(15(2)25(6)23-14)12-21-19(20-3)22-13-18(24(4)5)16-10-8-7-9-11-16;/h16,18H,7-13H2,1-6H3,(H2,20,21,22);1H. The van der Waals surface area contributed by atoms with Crippen molar-refractivity contribution in [2.24, 2.45) is 18.0 Å². The highest BCUT2D eigenvalue weighted by molar-refractivity contribution is 14.0. The summed E-state index contributed by atoms with van der Waals surface area (Å²) in [7, 11) is 8.22. The lowest BCUT2D eigenvalue weighted by atomic mass is 9.83. The number of aliphatic imine (C=N–C) groups is 1. The summed E-state index contributed by atoms with van der Waals surface area (Å²) in [6.07, 6.45) is 6.86. The van der Waals surface area contributed by atoms with E-state index in [9.17, 15) is 0 Å². The van der Waals surface area contributed by atoms with Crippen LogP contribution in [0.4, 0.5) is 0 Å². The average molecular weight is 476 g/mol. The normalized spacial score (nSPS) is 17.1. The van der Waals surface area contributed by atoms with Gasteiger partial charge in [-0.05, 0) is 46.7 Å². The minimum absolute atomic E-state index is 0. The van der Waals surface area contributed by atoms with Gasteiger partial charge in [0.05, 0.1) is 5.69 Å². The molecular formula is C19H37IN6. The maximum Gasteiger partial charge on any atom is 0.191 e. The molecule has 1 heterocycles. The summed E-state index contributed by atoms with van der Waals surface area (Å²) in [5.74, 6) is 1.66. The van der Waals surface area contributed by atoms with Gasteiger partial charge in [-0.15, -0.1) is 24.0 Å². The second-order valence-corrected chi connectivity index (χ2v) is 7.51. The lowest BCUT2D eigenvalue weighted by Gasteiger charge is -2.35. The third-order valence-electron chi connectivity index (χ3n) is 5.65. The Morgan fingerprint density at radius 2 is 1.88 bits per heavy atom. The number of hydrogen-bond donors (Lipinski definition) is 2. The van der Waals surface area contributed by atoms with E-state index in [1.54, 1.807) is 0 Å². The SMILES string of the molecule is CN=C(NCc1c(C)nn(C)c1C)NCC(C1CCCCC1)N(C)C.I. The van der Waals surface area contributed by atoms with E-state index in [-0.39, 0.29) is 24.0 Å². The number of aromatic nitrogens is 2. The van der Waals surface area contributed by atoms with Crippen LogP contribution in [-0.2, 0) is 13.6 Å². The van der Waals surface area contributed by atoms with Gasteiger partial charge in [-0.3, -0.25) is 9.67 Å². The fourth-order valence-corrected chi connectivity index (χ4v) is 3.96. The molecule has 0 saturated heterocycles. The van der Waals surface area contributed by atoms with Crippen molar-refractivity contribution < 1.29 is 0 Å². The number of nitrogens with one attached hydrogen (secondary N) is 2. The highest BCUT2D eigenvalue weighted by atomic mass is 127. The third-order valence-corrected chi connectivity index (χ3v) is 5.65. The second kappa shape index (κ2) is 11.1. The number of nitrogens with zero attached hydrogens (tertiary/aromatic N) is 4. The van der Waals surface area contributed by atoms with Crippen molar-refractivity contribution in [1.29, 1.82) is 0 Å². The maximum atomic E-state index is 4.48. The van der Waals surface area contributed by atoms with Gasteiger partial charge in [-0.2, -0.15) is 5.10 Å². The van der Waals surface area contributed by atoms with Crippen molar-refractivity contribution in [3.63, 3.8) is 0 Å². The van der Waals surface area contributed by atoms with Crippen LogP contribution >= 0.6 is 24.0 Å². The van der Waals surface area contributed by atoms with E-state index >= 15 is 0 Å². The summed E-state index contributed by atoms with van der Waals surface area (Å²) in [6.45, 7) is 5.85. The minimum atomic E-state index is 0. The van der Waals surface area contributed by atoms with Gasteiger partial charge in [0, 0.05) is 44.5 Å². The molecule has 150 valence electrons. The van der Waals surface area contributed by atoms with Crippen molar-refractivity contribution in [3.05, 3.63) is 17.0 Å². The van der Waals surface area contributed by atoms with Gasteiger partial charge in [-0.1, -0.05) is 19.3 Å². The Balaban J connectivity index is 0.00000338. The Bertz CT molecular complexity index is 575. The number of likely N-dealkylation sites (N-methyl/N-ethyl adjacent to an activating group) is 1. The van der Waals surface area contributed by atoms with E-state index in [0.717, 1.165) is 30.7 Å². The predicted molar refractivity (Wildman–Crippen MR) is 120 cm³/mol. The fraction of sp³-hybridized carbons (Fsp3) is 0.789. The first-order valence-electron chi connectivity index (χ1n) is 9.54. The number of aryl methyl sites for hydroxylation is 2. The Labute approximate surface area is 176 Å². The average Bonchev–Trinajstić information content (AvgIpc) is 2.84. The number of guanidine groups is 1. The summed E-state index contributed by atoms with van der Waals surface area (Å²) in [5.41, 5.74) is 3.53. The Hall–Kier alpha value is -0.830. The third kappa shape index (κ3) is 6.11. The van der Waals surface area contributed by atoms with Gasteiger partial charge in [0.1, 0.15) is 0 Å². The number of rotatable bonds is 6. The molecule has 26 heavy (non-hydrogen) atoms. The number of hydrogen-bond acceptors (Lipinski definition) is 3. The summed E-state index contributed by atoms with van der Waals surface area (Å²) < 4.78 is 1.94. The van der Waals surface area contributed by atoms with Gasteiger partial charge >= 0.3 is 0 Å². The van der Waals surface area contributed by atoms with Crippen LogP contribution in [0.1, 0.15) is 49.1 Å². The van der Waals surface area contributed by atoms with E-state index in [1.165, 1.54) is 43.4 Å². The zero-order valence-corrected chi connectivity index (χ0v) is 19.6. The Morgan fingerprint density at radius 3 is 2.38 bits per heavy atom. The number of halogens is 1. The van der Waals surface area contributed by atoms with Crippen molar-refractivity contribution in [1.82, 2.24) is 25.3 Å². The van der Waals surface area contributed by atoms with Crippen molar-refractivity contribution in [3.8, 4) is 0 Å². The van der Waals surface area contributed by atoms with E-state index < -0.39 is 0 Å². The first kappa shape index (κ1) is 23.2. The molecule has 1 unspecified atom stereocenters. The molecule has 0 aromatic carbocycles.